The lowest BCUT2D eigenvalue weighted by Gasteiger charge is -2.28. The quantitative estimate of drug-likeness (QED) is 0.550. The summed E-state index contributed by atoms with van der Waals surface area (Å²) in [7, 11) is 0. The van der Waals surface area contributed by atoms with Gasteiger partial charge in [-0.2, -0.15) is 5.10 Å². The van der Waals surface area contributed by atoms with Gasteiger partial charge < -0.3 is 14.4 Å². The third-order valence-electron chi connectivity index (χ3n) is 7.19. The number of rotatable bonds is 5. The number of nitrogens with zero attached hydrogens (tertiary/aromatic N) is 5. The van der Waals surface area contributed by atoms with Gasteiger partial charge in [-0.1, -0.05) is 23.8 Å². The van der Waals surface area contributed by atoms with Gasteiger partial charge in [-0.05, 0) is 68.3 Å². The molecule has 4 heterocycles. The smallest absolute Gasteiger partial charge is 0.274 e. The Morgan fingerprint density at radius 2 is 1.94 bits per heavy atom. The maximum absolute atomic E-state index is 13.4. The molecule has 0 saturated carbocycles. The second-order valence-electron chi connectivity index (χ2n) is 9.26. The second kappa shape index (κ2) is 8.50. The lowest BCUT2D eigenvalue weighted by Crippen LogP contribution is -2.39. The molecular weight excluding hydrogens is 434 g/mol. The van der Waals surface area contributed by atoms with Crippen molar-refractivity contribution >= 4 is 34.1 Å². The summed E-state index contributed by atoms with van der Waals surface area (Å²) in [5.74, 6) is 0.330. The molecule has 1 aliphatic carbocycles. The van der Waals surface area contributed by atoms with Crippen LogP contribution in [0.1, 0.15) is 41.2 Å². The van der Waals surface area contributed by atoms with E-state index in [-0.39, 0.29) is 11.8 Å². The van der Waals surface area contributed by atoms with Gasteiger partial charge >= 0.3 is 0 Å². The Bertz CT molecular complexity index is 1260. The number of halogens is 1. The van der Waals surface area contributed by atoms with Gasteiger partial charge in [0.1, 0.15) is 5.69 Å². The number of carbonyl (C=O) groups excluding carboxylic acids is 1. The summed E-state index contributed by atoms with van der Waals surface area (Å²) in [5, 5.41) is 6.49. The van der Waals surface area contributed by atoms with Crippen molar-refractivity contribution in [2.24, 2.45) is 0 Å². The Hall–Kier alpha value is -2.83. The van der Waals surface area contributed by atoms with Crippen molar-refractivity contribution in [2.45, 2.75) is 38.3 Å². The number of aromatic nitrogens is 3. The Morgan fingerprint density at radius 1 is 1.06 bits per heavy atom. The molecular formula is C26H28ClN5O. The van der Waals surface area contributed by atoms with Crippen LogP contribution in [0.15, 0.2) is 59.9 Å². The van der Waals surface area contributed by atoms with Gasteiger partial charge in [0.15, 0.2) is 0 Å². The topological polar surface area (TPSA) is 46.3 Å². The fraction of sp³-hybridized carbons (Fsp3) is 0.385. The Labute approximate surface area is 198 Å². The first-order valence-electron chi connectivity index (χ1n) is 11.9. The summed E-state index contributed by atoms with van der Waals surface area (Å²) < 4.78 is 4.18. The molecule has 1 saturated heterocycles. The van der Waals surface area contributed by atoms with E-state index in [1.807, 2.05) is 29.3 Å². The molecule has 170 valence electrons. The number of hydrogen-bond donors (Lipinski definition) is 0. The van der Waals surface area contributed by atoms with Gasteiger partial charge in [0, 0.05) is 47.9 Å². The predicted octanol–water partition coefficient (Wildman–Crippen LogP) is 4.76. The first kappa shape index (κ1) is 20.8. The number of benzene rings is 1. The zero-order chi connectivity index (χ0) is 22.4. The highest BCUT2D eigenvalue weighted by Crippen LogP contribution is 2.32. The molecule has 0 radical (unpaired) electrons. The molecule has 1 fully saturated rings. The molecule has 0 spiro atoms. The van der Waals surface area contributed by atoms with Crippen LogP contribution in [0.2, 0.25) is 0 Å². The molecule has 33 heavy (non-hydrogen) atoms. The van der Waals surface area contributed by atoms with Crippen LogP contribution in [0.5, 0.6) is 0 Å². The van der Waals surface area contributed by atoms with E-state index in [4.69, 9.17) is 11.6 Å². The fourth-order valence-corrected chi connectivity index (χ4v) is 5.46. The summed E-state index contributed by atoms with van der Waals surface area (Å²) >= 11 is 6.07. The zero-order valence-electron chi connectivity index (χ0n) is 18.7. The molecule has 1 aromatic carbocycles. The molecule has 6 nitrogen and oxygen atoms in total. The number of likely N-dealkylation sites (tertiary alicyclic amines) is 1. The van der Waals surface area contributed by atoms with Crippen molar-refractivity contribution in [3.8, 4) is 0 Å². The highest BCUT2D eigenvalue weighted by molar-refractivity contribution is 6.31. The van der Waals surface area contributed by atoms with Crippen molar-refractivity contribution in [3.05, 3.63) is 71.2 Å². The van der Waals surface area contributed by atoms with Crippen LogP contribution < -0.4 is 4.90 Å². The van der Waals surface area contributed by atoms with E-state index in [2.05, 4.69) is 49.7 Å². The fourth-order valence-electron chi connectivity index (χ4n) is 5.30. The second-order valence-corrected chi connectivity index (χ2v) is 9.70. The van der Waals surface area contributed by atoms with Gasteiger partial charge in [0.05, 0.1) is 18.3 Å². The van der Waals surface area contributed by atoms with Crippen molar-refractivity contribution in [1.29, 1.82) is 0 Å². The van der Waals surface area contributed by atoms with Crippen LogP contribution in [0.3, 0.4) is 0 Å². The molecule has 3 aromatic rings. The summed E-state index contributed by atoms with van der Waals surface area (Å²) in [6.07, 6.45) is 13.6. The van der Waals surface area contributed by atoms with Gasteiger partial charge in [0.2, 0.25) is 0 Å². The largest absolute Gasteiger partial charge is 0.341 e. The first-order chi connectivity index (χ1) is 16.2. The van der Waals surface area contributed by atoms with E-state index in [1.165, 1.54) is 31.5 Å². The van der Waals surface area contributed by atoms with Crippen LogP contribution in [0.25, 0.3) is 10.9 Å². The summed E-state index contributed by atoms with van der Waals surface area (Å²) in [5.41, 5.74) is 4.00. The molecule has 2 aliphatic heterocycles. The van der Waals surface area contributed by atoms with E-state index < -0.39 is 0 Å². The van der Waals surface area contributed by atoms with Gasteiger partial charge in [-0.3, -0.25) is 9.48 Å². The van der Waals surface area contributed by atoms with E-state index in [1.54, 1.807) is 0 Å². The number of amides is 1. The molecule has 2 aromatic heterocycles. The highest BCUT2D eigenvalue weighted by atomic mass is 35.5. The molecule has 3 aliphatic rings. The standard InChI is InChI=1S/C26H28ClN5O/c27-22-5-3-19(4-6-22)21-16-25-26(33)31(13-12-30(25)18-21)23-7-8-24-20(15-23)17-28-32(24)14-11-29-9-1-2-10-29/h3,5-8,15-19H,1-2,4,9-14H2. The molecule has 1 atom stereocenters. The van der Waals surface area contributed by atoms with Crippen molar-refractivity contribution in [2.75, 3.05) is 31.1 Å². The molecule has 0 bridgehead atoms. The minimum atomic E-state index is 0.0571. The number of allylic oxidation sites excluding steroid dienone is 4. The average molecular weight is 462 g/mol. The van der Waals surface area contributed by atoms with Gasteiger partial charge in [-0.15, -0.1) is 0 Å². The summed E-state index contributed by atoms with van der Waals surface area (Å²) in [6, 6.07) is 8.32. The van der Waals surface area contributed by atoms with Crippen molar-refractivity contribution in [3.63, 3.8) is 0 Å². The van der Waals surface area contributed by atoms with E-state index in [0.29, 0.717) is 6.54 Å². The molecule has 1 unspecified atom stereocenters. The monoisotopic (exact) mass is 461 g/mol. The Morgan fingerprint density at radius 3 is 2.76 bits per heavy atom. The predicted molar refractivity (Wildman–Crippen MR) is 132 cm³/mol. The van der Waals surface area contributed by atoms with Crippen LogP contribution in [0.4, 0.5) is 5.69 Å². The van der Waals surface area contributed by atoms with Crippen molar-refractivity contribution < 1.29 is 4.79 Å². The zero-order valence-corrected chi connectivity index (χ0v) is 19.4. The highest BCUT2D eigenvalue weighted by Gasteiger charge is 2.28. The SMILES string of the molecule is O=C1c2cc(C3C=CC(Cl)=CC3)cn2CCN1c1ccc2c(cnn2CCN2CCCC2)c1. The Balaban J connectivity index is 1.21. The van der Waals surface area contributed by atoms with Gasteiger partial charge in [-0.25, -0.2) is 0 Å². The first-order valence-corrected chi connectivity index (χ1v) is 12.3. The van der Waals surface area contributed by atoms with Crippen LogP contribution in [0, 0.1) is 0 Å². The van der Waals surface area contributed by atoms with E-state index >= 15 is 0 Å². The minimum absolute atomic E-state index is 0.0571. The van der Waals surface area contributed by atoms with Crippen LogP contribution >= 0.6 is 11.6 Å². The molecule has 0 N–H and O–H groups in total. The molecule has 1 amide bonds. The molecule has 7 heteroatoms. The van der Waals surface area contributed by atoms with Gasteiger partial charge in [0.25, 0.3) is 5.91 Å². The third-order valence-corrected chi connectivity index (χ3v) is 7.47. The summed E-state index contributed by atoms with van der Waals surface area (Å²) in [6.45, 7) is 5.80. The lowest BCUT2D eigenvalue weighted by atomic mass is 9.94. The van der Waals surface area contributed by atoms with Crippen LogP contribution in [-0.2, 0) is 13.1 Å². The van der Waals surface area contributed by atoms with Crippen LogP contribution in [-0.4, -0.2) is 51.3 Å². The number of hydrogen-bond acceptors (Lipinski definition) is 3. The maximum atomic E-state index is 13.4. The lowest BCUT2D eigenvalue weighted by molar-refractivity contribution is 0.0965. The molecule has 6 rings (SSSR count). The normalized spacial score (nSPS) is 21.1. The summed E-state index contributed by atoms with van der Waals surface area (Å²) in [4.78, 5) is 17.8. The van der Waals surface area contributed by atoms with E-state index in [0.717, 1.165) is 53.4 Å². The third kappa shape index (κ3) is 3.91. The van der Waals surface area contributed by atoms with Crippen molar-refractivity contribution in [1.82, 2.24) is 19.2 Å². The number of carbonyl (C=O) groups is 1. The average Bonchev–Trinajstić information content (AvgIpc) is 3.58. The minimum Gasteiger partial charge on any atom is -0.341 e. The Kier molecular flexibility index (Phi) is 5.35. The maximum Gasteiger partial charge on any atom is 0.274 e. The van der Waals surface area contributed by atoms with E-state index in [9.17, 15) is 4.79 Å². The number of anilines is 1. The number of fused-ring (bicyclic) bond motifs is 2.